The van der Waals surface area contributed by atoms with Crippen molar-refractivity contribution in [2.75, 3.05) is 18.0 Å². The SMILES string of the molecule is C[C@@H]1CCCN(c2cc(C(=O)N[C@@H](Cc3ccccc3)c3ccccc3)c3ccccc3n2)C1. The predicted molar refractivity (Wildman–Crippen MR) is 139 cm³/mol. The summed E-state index contributed by atoms with van der Waals surface area (Å²) in [6.07, 6.45) is 3.14. The van der Waals surface area contributed by atoms with Gasteiger partial charge in [-0.25, -0.2) is 4.98 Å². The Balaban J connectivity index is 1.49. The molecule has 0 aliphatic carbocycles. The fourth-order valence-corrected chi connectivity index (χ4v) is 4.93. The normalized spacial score (nSPS) is 16.9. The maximum Gasteiger partial charge on any atom is 0.252 e. The number of rotatable bonds is 6. The molecule has 172 valence electrons. The molecule has 4 aromatic rings. The van der Waals surface area contributed by atoms with Crippen molar-refractivity contribution in [3.63, 3.8) is 0 Å². The molecule has 0 bridgehead atoms. The van der Waals surface area contributed by atoms with Crippen LogP contribution in [0, 0.1) is 5.92 Å². The van der Waals surface area contributed by atoms with Crippen LogP contribution >= 0.6 is 0 Å². The zero-order chi connectivity index (χ0) is 23.3. The van der Waals surface area contributed by atoms with E-state index in [9.17, 15) is 4.79 Å². The fraction of sp³-hybridized carbons (Fsp3) is 0.267. The maximum absolute atomic E-state index is 13.8. The lowest BCUT2D eigenvalue weighted by molar-refractivity contribution is 0.0938. The number of fused-ring (bicyclic) bond motifs is 1. The van der Waals surface area contributed by atoms with E-state index in [0.717, 1.165) is 48.2 Å². The number of para-hydroxylation sites is 1. The number of hydrogen-bond donors (Lipinski definition) is 1. The number of nitrogens with zero attached hydrogens (tertiary/aromatic N) is 2. The van der Waals surface area contributed by atoms with Crippen molar-refractivity contribution in [2.24, 2.45) is 5.92 Å². The number of amides is 1. The summed E-state index contributed by atoms with van der Waals surface area (Å²) in [5.41, 5.74) is 3.85. The van der Waals surface area contributed by atoms with Crippen LogP contribution in [-0.4, -0.2) is 24.0 Å². The van der Waals surface area contributed by atoms with Gasteiger partial charge in [-0.2, -0.15) is 0 Å². The molecule has 0 spiro atoms. The number of carbonyl (C=O) groups excluding carboxylic acids is 1. The van der Waals surface area contributed by atoms with Crippen molar-refractivity contribution >= 4 is 22.6 Å². The van der Waals surface area contributed by atoms with Gasteiger partial charge in [0.2, 0.25) is 0 Å². The Hall–Kier alpha value is -3.66. The third kappa shape index (κ3) is 4.96. The summed E-state index contributed by atoms with van der Waals surface area (Å²) >= 11 is 0. The molecule has 1 amide bonds. The number of piperidine rings is 1. The molecule has 1 aliphatic heterocycles. The quantitative estimate of drug-likeness (QED) is 0.382. The Bertz CT molecular complexity index is 1260. The first kappa shape index (κ1) is 22.1. The third-order valence-electron chi connectivity index (χ3n) is 6.72. The van der Waals surface area contributed by atoms with Crippen molar-refractivity contribution in [3.8, 4) is 0 Å². The molecule has 1 fully saturated rings. The van der Waals surface area contributed by atoms with Crippen LogP contribution in [0.4, 0.5) is 5.82 Å². The summed E-state index contributed by atoms with van der Waals surface area (Å²) in [5.74, 6) is 1.47. The Morgan fingerprint density at radius 2 is 1.71 bits per heavy atom. The molecule has 1 aromatic heterocycles. The van der Waals surface area contributed by atoms with Crippen molar-refractivity contribution in [2.45, 2.75) is 32.2 Å². The molecule has 34 heavy (non-hydrogen) atoms. The first-order chi connectivity index (χ1) is 16.7. The van der Waals surface area contributed by atoms with Gasteiger partial charge < -0.3 is 10.2 Å². The summed E-state index contributed by atoms with van der Waals surface area (Å²) in [7, 11) is 0. The number of anilines is 1. The van der Waals surface area contributed by atoms with E-state index >= 15 is 0 Å². The smallest absolute Gasteiger partial charge is 0.252 e. The second-order valence-corrected chi connectivity index (χ2v) is 9.37. The van der Waals surface area contributed by atoms with Crippen LogP contribution in [0.25, 0.3) is 10.9 Å². The number of carbonyl (C=O) groups is 1. The molecule has 1 N–H and O–H groups in total. The van der Waals surface area contributed by atoms with E-state index in [2.05, 4.69) is 41.4 Å². The zero-order valence-corrected chi connectivity index (χ0v) is 19.7. The molecule has 5 rings (SSSR count). The fourth-order valence-electron chi connectivity index (χ4n) is 4.93. The van der Waals surface area contributed by atoms with Crippen molar-refractivity contribution in [1.82, 2.24) is 10.3 Å². The predicted octanol–water partition coefficient (Wildman–Crippen LogP) is 6.18. The van der Waals surface area contributed by atoms with Gasteiger partial charge in [0.05, 0.1) is 17.1 Å². The van der Waals surface area contributed by atoms with Gasteiger partial charge in [0.15, 0.2) is 0 Å². The summed E-state index contributed by atoms with van der Waals surface area (Å²) in [5, 5.41) is 4.23. The minimum Gasteiger partial charge on any atom is -0.356 e. The second-order valence-electron chi connectivity index (χ2n) is 9.37. The van der Waals surface area contributed by atoms with Gasteiger partial charge in [-0.15, -0.1) is 0 Å². The lowest BCUT2D eigenvalue weighted by atomic mass is 9.97. The number of pyridine rings is 1. The number of benzene rings is 3. The van der Waals surface area contributed by atoms with Crippen LogP contribution in [0.3, 0.4) is 0 Å². The minimum atomic E-state index is -0.124. The van der Waals surface area contributed by atoms with Crippen molar-refractivity contribution in [1.29, 1.82) is 0 Å². The summed E-state index contributed by atoms with van der Waals surface area (Å²) in [6, 6.07) is 30.4. The molecule has 0 radical (unpaired) electrons. The van der Waals surface area contributed by atoms with Crippen LogP contribution in [0.2, 0.25) is 0 Å². The van der Waals surface area contributed by atoms with Crippen LogP contribution < -0.4 is 10.2 Å². The zero-order valence-electron chi connectivity index (χ0n) is 19.7. The molecule has 4 heteroatoms. The van der Waals surface area contributed by atoms with E-state index in [1.54, 1.807) is 0 Å². The van der Waals surface area contributed by atoms with Gasteiger partial charge in [-0.1, -0.05) is 85.8 Å². The van der Waals surface area contributed by atoms with Crippen LogP contribution in [0.5, 0.6) is 0 Å². The van der Waals surface area contributed by atoms with Crippen LogP contribution in [0.15, 0.2) is 91.0 Å². The molecule has 2 atom stereocenters. The van der Waals surface area contributed by atoms with Gasteiger partial charge in [-0.05, 0) is 48.4 Å². The second kappa shape index (κ2) is 10.1. The number of hydrogen-bond acceptors (Lipinski definition) is 3. The lowest BCUT2D eigenvalue weighted by Gasteiger charge is -2.32. The standard InChI is InChI=1S/C30H31N3O/c1-22-11-10-18-33(21-22)29-20-26(25-16-8-9-17-27(25)31-29)30(34)32-28(24-14-6-3-7-15-24)19-23-12-4-2-5-13-23/h2-9,12-17,20,22,28H,10-11,18-19,21H2,1H3,(H,32,34)/t22-,28+/m1/s1. The molecule has 0 saturated carbocycles. The average Bonchev–Trinajstić information content (AvgIpc) is 2.88. The van der Waals surface area contributed by atoms with Crippen LogP contribution in [0.1, 0.15) is 47.3 Å². The van der Waals surface area contributed by atoms with Gasteiger partial charge in [0.25, 0.3) is 5.91 Å². The third-order valence-corrected chi connectivity index (χ3v) is 6.72. The maximum atomic E-state index is 13.8. The molecular weight excluding hydrogens is 418 g/mol. The van der Waals surface area contributed by atoms with Gasteiger partial charge >= 0.3 is 0 Å². The lowest BCUT2D eigenvalue weighted by Crippen LogP contribution is -2.35. The Morgan fingerprint density at radius 3 is 2.47 bits per heavy atom. The topological polar surface area (TPSA) is 45.2 Å². The highest BCUT2D eigenvalue weighted by atomic mass is 16.1. The Kier molecular flexibility index (Phi) is 6.57. The van der Waals surface area contributed by atoms with Gasteiger partial charge in [-0.3, -0.25) is 4.79 Å². The summed E-state index contributed by atoms with van der Waals surface area (Å²) in [4.78, 5) is 21.0. The van der Waals surface area contributed by atoms with E-state index in [0.29, 0.717) is 11.5 Å². The molecule has 0 unspecified atom stereocenters. The Morgan fingerprint density at radius 1 is 1.00 bits per heavy atom. The van der Waals surface area contributed by atoms with E-state index in [1.165, 1.54) is 12.0 Å². The van der Waals surface area contributed by atoms with Crippen LogP contribution in [-0.2, 0) is 6.42 Å². The Labute approximate surface area is 201 Å². The molecule has 1 saturated heterocycles. The number of aromatic nitrogens is 1. The van der Waals surface area contributed by atoms with Gasteiger partial charge in [0, 0.05) is 18.5 Å². The van der Waals surface area contributed by atoms with E-state index in [1.807, 2.05) is 66.7 Å². The van der Waals surface area contributed by atoms with Gasteiger partial charge in [0.1, 0.15) is 5.82 Å². The largest absolute Gasteiger partial charge is 0.356 e. The molecule has 4 nitrogen and oxygen atoms in total. The molecular formula is C30H31N3O. The highest BCUT2D eigenvalue weighted by Gasteiger charge is 2.22. The monoisotopic (exact) mass is 449 g/mol. The highest BCUT2D eigenvalue weighted by molar-refractivity contribution is 6.07. The molecule has 3 aromatic carbocycles. The van der Waals surface area contributed by atoms with E-state index < -0.39 is 0 Å². The first-order valence-corrected chi connectivity index (χ1v) is 12.2. The minimum absolute atomic E-state index is 0.0605. The van der Waals surface area contributed by atoms with E-state index in [4.69, 9.17) is 4.98 Å². The number of nitrogens with one attached hydrogen (secondary N) is 1. The van der Waals surface area contributed by atoms with Crippen molar-refractivity contribution in [3.05, 3.63) is 108 Å². The summed E-state index contributed by atoms with van der Waals surface area (Å²) < 4.78 is 0. The molecule has 2 heterocycles. The molecule has 1 aliphatic rings. The first-order valence-electron chi connectivity index (χ1n) is 12.2. The van der Waals surface area contributed by atoms with Crippen molar-refractivity contribution < 1.29 is 4.79 Å². The average molecular weight is 450 g/mol. The highest BCUT2D eigenvalue weighted by Crippen LogP contribution is 2.28. The summed E-state index contributed by atoms with van der Waals surface area (Å²) in [6.45, 7) is 4.25. The van der Waals surface area contributed by atoms with E-state index in [-0.39, 0.29) is 11.9 Å².